The van der Waals surface area contributed by atoms with Gasteiger partial charge in [0, 0.05) is 19.5 Å². The fourth-order valence-electron chi connectivity index (χ4n) is 1.53. The largest absolute Gasteiger partial charge is 0.356 e. The van der Waals surface area contributed by atoms with E-state index in [9.17, 15) is 9.59 Å². The molecular formula is C13H27N3O2. The van der Waals surface area contributed by atoms with Crippen molar-refractivity contribution in [3.63, 3.8) is 0 Å². The molecular weight excluding hydrogens is 230 g/mol. The first-order chi connectivity index (χ1) is 8.29. The molecule has 0 heterocycles. The molecule has 0 aliphatic rings. The molecule has 5 nitrogen and oxygen atoms in total. The van der Waals surface area contributed by atoms with Crippen LogP contribution in [0.25, 0.3) is 0 Å². The van der Waals surface area contributed by atoms with Crippen molar-refractivity contribution in [2.75, 3.05) is 13.1 Å². The minimum Gasteiger partial charge on any atom is -0.356 e. The van der Waals surface area contributed by atoms with E-state index in [-0.39, 0.29) is 11.8 Å². The van der Waals surface area contributed by atoms with Gasteiger partial charge >= 0.3 is 0 Å². The molecule has 0 spiro atoms. The zero-order valence-corrected chi connectivity index (χ0v) is 12.0. The SMILES string of the molecule is CCCC(C)(N)C(=O)NCCC(=O)NCC(C)C. The summed E-state index contributed by atoms with van der Waals surface area (Å²) in [4.78, 5) is 23.1. The summed E-state index contributed by atoms with van der Waals surface area (Å²) < 4.78 is 0. The Hall–Kier alpha value is -1.10. The van der Waals surface area contributed by atoms with Crippen molar-refractivity contribution in [3.8, 4) is 0 Å². The number of carbonyl (C=O) groups excluding carboxylic acids is 2. The second kappa shape index (κ2) is 8.08. The third-order valence-electron chi connectivity index (χ3n) is 2.63. The fourth-order valence-corrected chi connectivity index (χ4v) is 1.53. The molecule has 0 aliphatic heterocycles. The maximum atomic E-state index is 11.7. The molecule has 1 atom stereocenters. The summed E-state index contributed by atoms with van der Waals surface area (Å²) in [7, 11) is 0. The molecule has 2 amide bonds. The van der Waals surface area contributed by atoms with Gasteiger partial charge in [-0.15, -0.1) is 0 Å². The van der Waals surface area contributed by atoms with Crippen LogP contribution in [0.1, 0.15) is 47.0 Å². The molecule has 5 heteroatoms. The van der Waals surface area contributed by atoms with Crippen LogP contribution < -0.4 is 16.4 Å². The molecule has 0 aliphatic carbocycles. The first-order valence-electron chi connectivity index (χ1n) is 6.63. The minimum atomic E-state index is -0.844. The molecule has 0 bridgehead atoms. The van der Waals surface area contributed by atoms with E-state index in [2.05, 4.69) is 10.6 Å². The second-order valence-electron chi connectivity index (χ2n) is 5.37. The maximum Gasteiger partial charge on any atom is 0.239 e. The van der Waals surface area contributed by atoms with Gasteiger partial charge in [-0.05, 0) is 19.3 Å². The van der Waals surface area contributed by atoms with Gasteiger partial charge in [0.25, 0.3) is 0 Å². The summed E-state index contributed by atoms with van der Waals surface area (Å²) in [5.41, 5.74) is 5.03. The number of carbonyl (C=O) groups is 2. The van der Waals surface area contributed by atoms with Crippen LogP contribution in [0.4, 0.5) is 0 Å². The maximum absolute atomic E-state index is 11.7. The Balaban J connectivity index is 3.84. The van der Waals surface area contributed by atoms with Crippen LogP contribution in [-0.4, -0.2) is 30.4 Å². The average Bonchev–Trinajstić information content (AvgIpc) is 2.26. The van der Waals surface area contributed by atoms with Crippen molar-refractivity contribution < 1.29 is 9.59 Å². The number of hydrogen-bond donors (Lipinski definition) is 3. The zero-order chi connectivity index (χ0) is 14.2. The predicted molar refractivity (Wildman–Crippen MR) is 73.0 cm³/mol. The van der Waals surface area contributed by atoms with E-state index in [0.29, 0.717) is 31.8 Å². The summed E-state index contributed by atoms with van der Waals surface area (Å²) in [5, 5.41) is 5.50. The van der Waals surface area contributed by atoms with Crippen molar-refractivity contribution in [2.24, 2.45) is 11.7 Å². The standard InChI is InChI=1S/C13H27N3O2/c1-5-7-13(4,14)12(18)15-8-6-11(17)16-9-10(2)3/h10H,5-9,14H2,1-4H3,(H,15,18)(H,16,17). The highest BCUT2D eigenvalue weighted by molar-refractivity contribution is 5.86. The average molecular weight is 257 g/mol. The number of hydrogen-bond acceptors (Lipinski definition) is 3. The fraction of sp³-hybridized carbons (Fsp3) is 0.846. The summed E-state index contributed by atoms with van der Waals surface area (Å²) in [6, 6.07) is 0. The summed E-state index contributed by atoms with van der Waals surface area (Å²) in [6.07, 6.45) is 1.79. The van der Waals surface area contributed by atoms with E-state index in [1.54, 1.807) is 6.92 Å². The lowest BCUT2D eigenvalue weighted by Crippen LogP contribution is -2.52. The van der Waals surface area contributed by atoms with Crippen molar-refractivity contribution in [3.05, 3.63) is 0 Å². The summed E-state index contributed by atoms with van der Waals surface area (Å²) in [6.45, 7) is 8.76. The molecule has 0 aromatic rings. The molecule has 18 heavy (non-hydrogen) atoms. The van der Waals surface area contributed by atoms with Crippen molar-refractivity contribution in [2.45, 2.75) is 52.5 Å². The van der Waals surface area contributed by atoms with Crippen LogP contribution in [0.3, 0.4) is 0 Å². The molecule has 0 radical (unpaired) electrons. The Kier molecular flexibility index (Phi) is 7.59. The molecule has 0 aromatic carbocycles. The summed E-state index contributed by atoms with van der Waals surface area (Å²) in [5.74, 6) is 0.194. The molecule has 0 aromatic heterocycles. The third kappa shape index (κ3) is 7.27. The van der Waals surface area contributed by atoms with Gasteiger partial charge in [-0.25, -0.2) is 0 Å². The lowest BCUT2D eigenvalue weighted by molar-refractivity contribution is -0.126. The van der Waals surface area contributed by atoms with Gasteiger partial charge in [-0.3, -0.25) is 9.59 Å². The van der Waals surface area contributed by atoms with Gasteiger partial charge in [-0.1, -0.05) is 27.2 Å². The first kappa shape index (κ1) is 16.9. The van der Waals surface area contributed by atoms with Crippen molar-refractivity contribution in [1.82, 2.24) is 10.6 Å². The quantitative estimate of drug-likeness (QED) is 0.601. The van der Waals surface area contributed by atoms with Crippen LogP contribution in [0.15, 0.2) is 0 Å². The molecule has 0 fully saturated rings. The van der Waals surface area contributed by atoms with E-state index in [0.717, 1.165) is 6.42 Å². The Morgan fingerprint density at radius 1 is 1.28 bits per heavy atom. The number of rotatable bonds is 8. The van der Waals surface area contributed by atoms with Crippen molar-refractivity contribution in [1.29, 1.82) is 0 Å². The highest BCUT2D eigenvalue weighted by atomic mass is 16.2. The van der Waals surface area contributed by atoms with E-state index < -0.39 is 5.54 Å². The summed E-state index contributed by atoms with van der Waals surface area (Å²) >= 11 is 0. The van der Waals surface area contributed by atoms with Crippen LogP contribution in [0, 0.1) is 5.92 Å². The van der Waals surface area contributed by atoms with Crippen LogP contribution in [0.5, 0.6) is 0 Å². The minimum absolute atomic E-state index is 0.0433. The first-order valence-corrected chi connectivity index (χ1v) is 6.63. The molecule has 4 N–H and O–H groups in total. The zero-order valence-electron chi connectivity index (χ0n) is 12.0. The molecule has 106 valence electrons. The molecule has 0 saturated carbocycles. The van der Waals surface area contributed by atoms with E-state index in [1.165, 1.54) is 0 Å². The van der Waals surface area contributed by atoms with E-state index in [4.69, 9.17) is 5.73 Å². The monoisotopic (exact) mass is 257 g/mol. The smallest absolute Gasteiger partial charge is 0.239 e. The Labute approximate surface area is 110 Å². The second-order valence-corrected chi connectivity index (χ2v) is 5.37. The normalized spacial score (nSPS) is 14.1. The van der Waals surface area contributed by atoms with E-state index >= 15 is 0 Å². The van der Waals surface area contributed by atoms with Crippen LogP contribution >= 0.6 is 0 Å². The van der Waals surface area contributed by atoms with Gasteiger partial charge in [0.2, 0.25) is 11.8 Å². The Morgan fingerprint density at radius 2 is 1.89 bits per heavy atom. The number of nitrogens with two attached hydrogens (primary N) is 1. The van der Waals surface area contributed by atoms with E-state index in [1.807, 2.05) is 20.8 Å². The predicted octanol–water partition coefficient (Wildman–Crippen LogP) is 0.782. The Bertz CT molecular complexity index is 275. The highest BCUT2D eigenvalue weighted by Crippen LogP contribution is 2.07. The number of amides is 2. The third-order valence-corrected chi connectivity index (χ3v) is 2.63. The highest BCUT2D eigenvalue weighted by Gasteiger charge is 2.26. The van der Waals surface area contributed by atoms with Gasteiger partial charge < -0.3 is 16.4 Å². The van der Waals surface area contributed by atoms with Gasteiger partial charge in [0.15, 0.2) is 0 Å². The van der Waals surface area contributed by atoms with Gasteiger partial charge in [0.05, 0.1) is 5.54 Å². The molecule has 0 saturated heterocycles. The van der Waals surface area contributed by atoms with Gasteiger partial charge in [0.1, 0.15) is 0 Å². The molecule has 0 rings (SSSR count). The lowest BCUT2D eigenvalue weighted by Gasteiger charge is -2.22. The van der Waals surface area contributed by atoms with Gasteiger partial charge in [-0.2, -0.15) is 0 Å². The van der Waals surface area contributed by atoms with Crippen LogP contribution in [-0.2, 0) is 9.59 Å². The van der Waals surface area contributed by atoms with Crippen molar-refractivity contribution >= 4 is 11.8 Å². The van der Waals surface area contributed by atoms with Crippen LogP contribution in [0.2, 0.25) is 0 Å². The topological polar surface area (TPSA) is 84.2 Å². The lowest BCUT2D eigenvalue weighted by atomic mass is 9.96. The molecule has 1 unspecified atom stereocenters. The number of nitrogens with one attached hydrogen (secondary N) is 2. The Morgan fingerprint density at radius 3 is 2.39 bits per heavy atom.